The summed E-state index contributed by atoms with van der Waals surface area (Å²) < 4.78 is 2.15. The summed E-state index contributed by atoms with van der Waals surface area (Å²) in [6, 6.07) is 13.9. The molecule has 2 amide bonds. The standard InChI is InChI=1S/C21H24N4OS/c1-24-12-9-17-18(20(27-19(17)15-24)25-10-5-6-11-25)14-23-21(26)22-13-16-7-3-2-4-8-16/h2-8,10-11H,9,12-15H2,1H3,(H2,22,23,26). The minimum Gasteiger partial charge on any atom is -0.334 e. The predicted octanol–water partition coefficient (Wildman–Crippen LogP) is 3.53. The summed E-state index contributed by atoms with van der Waals surface area (Å²) in [4.78, 5) is 16.1. The lowest BCUT2D eigenvalue weighted by molar-refractivity contribution is 0.240. The molecule has 0 atom stereocenters. The van der Waals surface area contributed by atoms with Gasteiger partial charge in [-0.3, -0.25) is 0 Å². The molecule has 0 bridgehead atoms. The van der Waals surface area contributed by atoms with Gasteiger partial charge in [-0.2, -0.15) is 0 Å². The number of nitrogens with zero attached hydrogens (tertiary/aromatic N) is 2. The summed E-state index contributed by atoms with van der Waals surface area (Å²) in [6.07, 6.45) is 5.17. The molecule has 4 rings (SSSR count). The molecule has 2 N–H and O–H groups in total. The Bertz CT molecular complexity index is 902. The normalized spacial score (nSPS) is 14.0. The first kappa shape index (κ1) is 17.8. The van der Waals surface area contributed by atoms with Gasteiger partial charge in [0.15, 0.2) is 0 Å². The Morgan fingerprint density at radius 2 is 1.81 bits per heavy atom. The molecule has 0 spiro atoms. The van der Waals surface area contributed by atoms with Gasteiger partial charge < -0.3 is 20.1 Å². The third-order valence-corrected chi connectivity index (χ3v) is 6.17. The van der Waals surface area contributed by atoms with E-state index < -0.39 is 0 Å². The van der Waals surface area contributed by atoms with Crippen LogP contribution in [0.2, 0.25) is 0 Å². The minimum atomic E-state index is -0.134. The number of urea groups is 1. The second-order valence-corrected chi connectivity index (χ2v) is 7.97. The third-order valence-electron chi connectivity index (χ3n) is 4.90. The highest BCUT2D eigenvalue weighted by Gasteiger charge is 2.23. The summed E-state index contributed by atoms with van der Waals surface area (Å²) in [5.41, 5.74) is 3.75. The fourth-order valence-electron chi connectivity index (χ4n) is 3.45. The lowest BCUT2D eigenvalue weighted by Gasteiger charge is -2.22. The van der Waals surface area contributed by atoms with Gasteiger partial charge in [0, 0.05) is 49.0 Å². The molecule has 0 unspecified atom stereocenters. The van der Waals surface area contributed by atoms with Crippen molar-refractivity contribution in [3.05, 3.63) is 76.4 Å². The van der Waals surface area contributed by atoms with Crippen LogP contribution in [0.1, 0.15) is 21.6 Å². The average Bonchev–Trinajstić information content (AvgIpc) is 3.33. The highest BCUT2D eigenvalue weighted by molar-refractivity contribution is 7.14. The number of aromatic nitrogens is 1. The molecule has 0 fully saturated rings. The number of likely N-dealkylation sites (N-methyl/N-ethyl adjacent to an activating group) is 1. The van der Waals surface area contributed by atoms with Crippen LogP contribution in [0.4, 0.5) is 4.79 Å². The Morgan fingerprint density at radius 1 is 1.07 bits per heavy atom. The maximum absolute atomic E-state index is 12.3. The molecule has 0 aliphatic carbocycles. The Hall–Kier alpha value is -2.57. The zero-order valence-electron chi connectivity index (χ0n) is 15.4. The first-order chi connectivity index (χ1) is 13.2. The van der Waals surface area contributed by atoms with E-state index in [1.165, 1.54) is 21.0 Å². The number of hydrogen-bond acceptors (Lipinski definition) is 3. The molecule has 6 heteroatoms. The zero-order valence-corrected chi connectivity index (χ0v) is 16.3. The predicted molar refractivity (Wildman–Crippen MR) is 109 cm³/mol. The Kier molecular flexibility index (Phi) is 5.27. The molecule has 1 aliphatic heterocycles. The van der Waals surface area contributed by atoms with E-state index >= 15 is 0 Å². The van der Waals surface area contributed by atoms with Gasteiger partial charge in [-0.05, 0) is 36.7 Å². The lowest BCUT2D eigenvalue weighted by Crippen LogP contribution is -2.35. The third kappa shape index (κ3) is 4.07. The zero-order chi connectivity index (χ0) is 18.6. The largest absolute Gasteiger partial charge is 0.334 e. The van der Waals surface area contributed by atoms with E-state index in [1.807, 2.05) is 53.8 Å². The summed E-state index contributed by atoms with van der Waals surface area (Å²) >= 11 is 1.83. The molecule has 0 saturated carbocycles. The number of benzene rings is 1. The van der Waals surface area contributed by atoms with Gasteiger partial charge in [-0.15, -0.1) is 11.3 Å². The van der Waals surface area contributed by atoms with Gasteiger partial charge in [-0.25, -0.2) is 4.79 Å². The molecular formula is C21H24N4OS. The first-order valence-electron chi connectivity index (χ1n) is 9.21. The van der Waals surface area contributed by atoms with Crippen molar-refractivity contribution in [2.24, 2.45) is 0 Å². The van der Waals surface area contributed by atoms with Crippen LogP contribution in [-0.4, -0.2) is 29.1 Å². The van der Waals surface area contributed by atoms with Crippen molar-refractivity contribution in [2.75, 3.05) is 13.6 Å². The Morgan fingerprint density at radius 3 is 2.59 bits per heavy atom. The maximum Gasteiger partial charge on any atom is 0.315 e. The number of hydrogen-bond donors (Lipinski definition) is 2. The number of carbonyl (C=O) groups is 1. The van der Waals surface area contributed by atoms with E-state index in [0.717, 1.165) is 25.1 Å². The van der Waals surface area contributed by atoms with Crippen LogP contribution < -0.4 is 10.6 Å². The van der Waals surface area contributed by atoms with Crippen LogP contribution in [0.3, 0.4) is 0 Å². The SMILES string of the molecule is CN1CCc2c(sc(-n3cccc3)c2CNC(=O)NCc2ccccc2)C1. The van der Waals surface area contributed by atoms with Crippen LogP contribution in [0.15, 0.2) is 54.9 Å². The summed E-state index contributed by atoms with van der Waals surface area (Å²) in [7, 11) is 2.16. The van der Waals surface area contributed by atoms with Crippen molar-refractivity contribution >= 4 is 17.4 Å². The van der Waals surface area contributed by atoms with Crippen LogP contribution >= 0.6 is 11.3 Å². The molecule has 2 aromatic heterocycles. The van der Waals surface area contributed by atoms with Gasteiger partial charge in [-0.1, -0.05) is 30.3 Å². The lowest BCUT2D eigenvalue weighted by atomic mass is 10.0. The molecule has 5 nitrogen and oxygen atoms in total. The van der Waals surface area contributed by atoms with E-state index in [0.29, 0.717) is 13.1 Å². The van der Waals surface area contributed by atoms with E-state index in [4.69, 9.17) is 0 Å². The van der Waals surface area contributed by atoms with Gasteiger partial charge in [0.25, 0.3) is 0 Å². The molecule has 1 aromatic carbocycles. The van der Waals surface area contributed by atoms with E-state index in [-0.39, 0.29) is 6.03 Å². The highest BCUT2D eigenvalue weighted by Crippen LogP contribution is 2.35. The van der Waals surface area contributed by atoms with Crippen molar-refractivity contribution in [2.45, 2.75) is 26.1 Å². The number of nitrogens with one attached hydrogen (secondary N) is 2. The first-order valence-corrected chi connectivity index (χ1v) is 10.0. The number of thiophene rings is 1. The van der Waals surface area contributed by atoms with Gasteiger partial charge in [0.1, 0.15) is 5.00 Å². The smallest absolute Gasteiger partial charge is 0.315 e. The van der Waals surface area contributed by atoms with Crippen LogP contribution in [0.25, 0.3) is 5.00 Å². The minimum absolute atomic E-state index is 0.134. The fourth-order valence-corrected chi connectivity index (χ4v) is 4.86. The molecule has 1 aliphatic rings. The molecule has 0 saturated heterocycles. The second kappa shape index (κ2) is 7.98. The van der Waals surface area contributed by atoms with E-state index in [2.05, 4.69) is 39.5 Å². The summed E-state index contributed by atoms with van der Waals surface area (Å²) in [5, 5.41) is 7.20. The Labute approximate surface area is 163 Å². The molecule has 3 aromatic rings. The van der Waals surface area contributed by atoms with E-state index in [9.17, 15) is 4.79 Å². The van der Waals surface area contributed by atoms with Crippen molar-refractivity contribution < 1.29 is 4.79 Å². The van der Waals surface area contributed by atoms with Crippen molar-refractivity contribution in [1.82, 2.24) is 20.1 Å². The molecule has 3 heterocycles. The van der Waals surface area contributed by atoms with Crippen LogP contribution in [0, 0.1) is 0 Å². The summed E-state index contributed by atoms with van der Waals surface area (Å²) in [5.74, 6) is 0. The molecule has 27 heavy (non-hydrogen) atoms. The average molecular weight is 381 g/mol. The van der Waals surface area contributed by atoms with Crippen LogP contribution in [-0.2, 0) is 26.1 Å². The number of carbonyl (C=O) groups excluding carboxylic acids is 1. The molecule has 0 radical (unpaired) electrons. The number of fused-ring (bicyclic) bond motifs is 1. The molecular weight excluding hydrogens is 356 g/mol. The van der Waals surface area contributed by atoms with Gasteiger partial charge >= 0.3 is 6.03 Å². The Balaban J connectivity index is 1.47. The number of rotatable bonds is 5. The van der Waals surface area contributed by atoms with E-state index in [1.54, 1.807) is 0 Å². The molecule has 140 valence electrons. The highest BCUT2D eigenvalue weighted by atomic mass is 32.1. The second-order valence-electron chi connectivity index (χ2n) is 6.89. The van der Waals surface area contributed by atoms with Gasteiger partial charge in [0.2, 0.25) is 0 Å². The number of amides is 2. The topological polar surface area (TPSA) is 49.3 Å². The maximum atomic E-state index is 12.3. The van der Waals surface area contributed by atoms with Crippen LogP contribution in [0.5, 0.6) is 0 Å². The fraction of sp³-hybridized carbons (Fsp3) is 0.286. The summed E-state index contributed by atoms with van der Waals surface area (Å²) in [6.45, 7) is 3.11. The monoisotopic (exact) mass is 380 g/mol. The van der Waals surface area contributed by atoms with Gasteiger partial charge in [0.05, 0.1) is 0 Å². The van der Waals surface area contributed by atoms with Crippen molar-refractivity contribution in [3.8, 4) is 5.00 Å². The quantitative estimate of drug-likeness (QED) is 0.711. The van der Waals surface area contributed by atoms with Crippen molar-refractivity contribution in [3.63, 3.8) is 0 Å². The van der Waals surface area contributed by atoms with Crippen molar-refractivity contribution in [1.29, 1.82) is 0 Å².